The number of hydrogen-bond donors (Lipinski definition) is 1. The number of aliphatic hydroxyl groups is 1. The molecule has 2 aliphatic heterocycles. The molecule has 0 unspecified atom stereocenters. The van der Waals surface area contributed by atoms with Crippen molar-refractivity contribution in [1.29, 1.82) is 0 Å². The molecule has 4 aliphatic carbocycles. The minimum Gasteiger partial charge on any atom is -0.385 e. The Kier molecular flexibility index (Phi) is 6.12. The molecule has 2 heterocycles. The van der Waals surface area contributed by atoms with Crippen molar-refractivity contribution in [2.45, 2.75) is 148 Å². The second-order valence-corrected chi connectivity index (χ2v) is 15.5. The molecule has 6 rings (SSSR count). The van der Waals surface area contributed by atoms with E-state index in [1.807, 2.05) is 33.8 Å². The van der Waals surface area contributed by atoms with Gasteiger partial charge in [0.2, 0.25) is 0 Å². The lowest BCUT2D eigenvalue weighted by molar-refractivity contribution is -0.190. The van der Waals surface area contributed by atoms with Crippen LogP contribution < -0.4 is 0 Å². The SMILES string of the molecule is CC(C)=CC[C@H]1OC(C)(C)O[C@]1(C)[C@H]1CC[C@@]2(O)C3=CC(=O)[C@@H]4C[C@H]5OC(C)(C)O[C@H]5C[C@]4(C)[C@H]3CC[C@]12C. The zero-order valence-electron chi connectivity index (χ0n) is 25.6. The van der Waals surface area contributed by atoms with Crippen molar-refractivity contribution < 1.29 is 28.8 Å². The number of fused-ring (bicyclic) bond motifs is 6. The zero-order chi connectivity index (χ0) is 28.4. The number of allylic oxidation sites excluding steroid dienone is 2. The standard InChI is InChI=1S/C33H50O6/c1-19(2)10-11-27-32(9,39-29(5,6)38-27)26-13-15-33(35)21-16-23(34)22-17-24-25(37-28(3,4)36-24)18-30(22,7)20(21)12-14-31(26,33)8/h10,16,20,22,24-27,35H,11-15,17-18H2,1-9H3/t20-,22-,24+,25-,26-,27+,30+,31+,32+,33+/m0/s1. The largest absolute Gasteiger partial charge is 0.385 e. The Bertz CT molecular complexity index is 1120. The molecule has 5 fully saturated rings. The minimum atomic E-state index is -1.03. The van der Waals surface area contributed by atoms with Crippen molar-refractivity contribution in [3.05, 3.63) is 23.3 Å². The van der Waals surface area contributed by atoms with Gasteiger partial charge >= 0.3 is 0 Å². The fourth-order valence-electron chi connectivity index (χ4n) is 10.3. The summed E-state index contributed by atoms with van der Waals surface area (Å²) in [7, 11) is 0. The molecule has 6 nitrogen and oxygen atoms in total. The first-order valence-electron chi connectivity index (χ1n) is 15.3. The Balaban J connectivity index is 1.35. The number of carbonyl (C=O) groups is 1. The third kappa shape index (κ3) is 3.95. The summed E-state index contributed by atoms with van der Waals surface area (Å²) in [6, 6.07) is 0. The summed E-state index contributed by atoms with van der Waals surface area (Å²) in [5.41, 5.74) is 0.0172. The van der Waals surface area contributed by atoms with Gasteiger partial charge in [-0.1, -0.05) is 25.5 Å². The fourth-order valence-corrected chi connectivity index (χ4v) is 10.3. The van der Waals surface area contributed by atoms with Crippen molar-refractivity contribution in [3.8, 4) is 0 Å². The first-order chi connectivity index (χ1) is 17.9. The normalized spacial score (nSPS) is 51.4. The van der Waals surface area contributed by atoms with Crippen molar-refractivity contribution in [3.63, 3.8) is 0 Å². The van der Waals surface area contributed by atoms with E-state index in [0.29, 0.717) is 12.8 Å². The molecule has 6 aliphatic rings. The van der Waals surface area contributed by atoms with Gasteiger partial charge in [-0.15, -0.1) is 0 Å². The van der Waals surface area contributed by atoms with Crippen LogP contribution in [0.2, 0.25) is 0 Å². The highest BCUT2D eigenvalue weighted by atomic mass is 16.8. The Morgan fingerprint density at radius 3 is 2.33 bits per heavy atom. The summed E-state index contributed by atoms with van der Waals surface area (Å²) < 4.78 is 25.8. The average molecular weight is 543 g/mol. The molecule has 0 aromatic heterocycles. The van der Waals surface area contributed by atoms with Crippen molar-refractivity contribution in [1.82, 2.24) is 0 Å². The van der Waals surface area contributed by atoms with Gasteiger partial charge in [0.25, 0.3) is 0 Å². The topological polar surface area (TPSA) is 74.2 Å². The molecule has 218 valence electrons. The molecule has 0 amide bonds. The maximum atomic E-state index is 13.8. The number of rotatable bonds is 3. The predicted octanol–water partition coefficient (Wildman–Crippen LogP) is 6.26. The summed E-state index contributed by atoms with van der Waals surface area (Å²) in [6.07, 6.45) is 9.61. The van der Waals surface area contributed by atoms with E-state index in [2.05, 4.69) is 40.7 Å². The summed E-state index contributed by atoms with van der Waals surface area (Å²) in [5.74, 6) is -0.955. The first kappa shape index (κ1) is 28.1. The van der Waals surface area contributed by atoms with Gasteiger partial charge in [0.1, 0.15) is 0 Å². The molecular weight excluding hydrogens is 492 g/mol. The lowest BCUT2D eigenvalue weighted by Crippen LogP contribution is -2.62. The van der Waals surface area contributed by atoms with Crippen molar-refractivity contribution in [2.75, 3.05) is 0 Å². The van der Waals surface area contributed by atoms with E-state index >= 15 is 0 Å². The molecule has 2 saturated heterocycles. The van der Waals surface area contributed by atoms with Crippen LogP contribution in [0.3, 0.4) is 0 Å². The maximum absolute atomic E-state index is 13.8. The highest BCUT2D eigenvalue weighted by Crippen LogP contribution is 2.70. The third-order valence-electron chi connectivity index (χ3n) is 11.9. The zero-order valence-corrected chi connectivity index (χ0v) is 25.6. The smallest absolute Gasteiger partial charge is 0.164 e. The van der Waals surface area contributed by atoms with E-state index in [0.717, 1.165) is 37.7 Å². The highest BCUT2D eigenvalue weighted by molar-refractivity contribution is 5.95. The van der Waals surface area contributed by atoms with Gasteiger partial charge < -0.3 is 24.1 Å². The van der Waals surface area contributed by atoms with Gasteiger partial charge in [0.05, 0.1) is 29.5 Å². The molecule has 3 saturated carbocycles. The Morgan fingerprint density at radius 2 is 1.64 bits per heavy atom. The third-order valence-corrected chi connectivity index (χ3v) is 11.9. The lowest BCUT2D eigenvalue weighted by atomic mass is 9.45. The predicted molar refractivity (Wildman–Crippen MR) is 149 cm³/mol. The van der Waals surface area contributed by atoms with Crippen LogP contribution in [0.15, 0.2) is 23.3 Å². The van der Waals surface area contributed by atoms with Crippen LogP contribution in [0.1, 0.15) is 107 Å². The maximum Gasteiger partial charge on any atom is 0.164 e. The Morgan fingerprint density at radius 1 is 0.949 bits per heavy atom. The van der Waals surface area contributed by atoms with Gasteiger partial charge in [0.15, 0.2) is 17.4 Å². The summed E-state index contributed by atoms with van der Waals surface area (Å²) in [4.78, 5) is 13.8. The van der Waals surface area contributed by atoms with Crippen LogP contribution in [0.5, 0.6) is 0 Å². The second-order valence-electron chi connectivity index (χ2n) is 15.5. The molecule has 0 bridgehead atoms. The quantitative estimate of drug-likeness (QED) is 0.425. The molecule has 10 atom stereocenters. The molecule has 0 aromatic rings. The molecule has 39 heavy (non-hydrogen) atoms. The fraction of sp³-hybridized carbons (Fsp3) is 0.848. The average Bonchev–Trinajstić information content (AvgIpc) is 3.35. The summed E-state index contributed by atoms with van der Waals surface area (Å²) >= 11 is 0. The molecular formula is C33H50O6. The van der Waals surface area contributed by atoms with Crippen molar-refractivity contribution in [2.24, 2.45) is 28.6 Å². The van der Waals surface area contributed by atoms with Crippen LogP contribution >= 0.6 is 0 Å². The monoisotopic (exact) mass is 542 g/mol. The van der Waals surface area contributed by atoms with Crippen LogP contribution in [0.4, 0.5) is 0 Å². The molecule has 0 radical (unpaired) electrons. The van der Waals surface area contributed by atoms with E-state index in [1.54, 1.807) is 0 Å². The van der Waals surface area contributed by atoms with Crippen molar-refractivity contribution >= 4 is 5.78 Å². The molecule has 0 aromatic carbocycles. The first-order valence-corrected chi connectivity index (χ1v) is 15.3. The van der Waals surface area contributed by atoms with Gasteiger partial charge in [-0.3, -0.25) is 4.79 Å². The van der Waals surface area contributed by atoms with Crippen LogP contribution in [-0.2, 0) is 23.7 Å². The van der Waals surface area contributed by atoms with Gasteiger partial charge in [-0.25, -0.2) is 0 Å². The molecule has 6 heteroatoms. The van der Waals surface area contributed by atoms with Gasteiger partial charge in [-0.05, 0) is 122 Å². The van der Waals surface area contributed by atoms with Crippen LogP contribution in [-0.4, -0.2) is 52.0 Å². The minimum absolute atomic E-state index is 0.00584. The number of ether oxygens (including phenoxy) is 4. The highest BCUT2D eigenvalue weighted by Gasteiger charge is 2.71. The lowest BCUT2D eigenvalue weighted by Gasteiger charge is -2.60. The molecule has 0 spiro atoms. The Labute approximate surface area is 234 Å². The Hall–Kier alpha value is -1.05. The summed E-state index contributed by atoms with van der Waals surface area (Å²) in [5, 5.41) is 12.8. The van der Waals surface area contributed by atoms with Crippen LogP contribution in [0.25, 0.3) is 0 Å². The van der Waals surface area contributed by atoms with Gasteiger partial charge in [-0.2, -0.15) is 0 Å². The van der Waals surface area contributed by atoms with E-state index in [-0.39, 0.29) is 47.3 Å². The van der Waals surface area contributed by atoms with Crippen LogP contribution in [0, 0.1) is 28.6 Å². The van der Waals surface area contributed by atoms with E-state index in [4.69, 9.17) is 18.9 Å². The summed E-state index contributed by atoms with van der Waals surface area (Å²) in [6.45, 7) is 18.9. The van der Waals surface area contributed by atoms with E-state index in [9.17, 15) is 9.90 Å². The van der Waals surface area contributed by atoms with E-state index in [1.165, 1.54) is 5.57 Å². The van der Waals surface area contributed by atoms with E-state index < -0.39 is 28.2 Å². The number of carbonyl (C=O) groups excluding carboxylic acids is 1. The van der Waals surface area contributed by atoms with Gasteiger partial charge in [0, 0.05) is 11.3 Å². The number of hydrogen-bond acceptors (Lipinski definition) is 6. The second kappa shape index (κ2) is 8.50. The molecule has 1 N–H and O–H groups in total. The number of ketones is 1.